The molecular weight excluding hydrogens is 596 g/mol. The first-order chi connectivity index (χ1) is 22.3. The Labute approximate surface area is 276 Å². The van der Waals surface area contributed by atoms with Crippen LogP contribution < -0.4 is 15.0 Å². The number of hydrogen-bond acceptors (Lipinski definition) is 7. The Hall–Kier alpha value is -3.46. The molecular formula is C37H46N4O4S. The van der Waals surface area contributed by atoms with E-state index < -0.39 is 6.09 Å². The highest BCUT2D eigenvalue weighted by Gasteiger charge is 2.51. The summed E-state index contributed by atoms with van der Waals surface area (Å²) in [6, 6.07) is 10.9. The van der Waals surface area contributed by atoms with Crippen LogP contribution in [0.25, 0.3) is 10.4 Å². The first-order valence-electron chi connectivity index (χ1n) is 17.1. The largest absolute Gasteiger partial charge is 0.496 e. The van der Waals surface area contributed by atoms with E-state index in [1.54, 1.807) is 25.5 Å². The molecule has 244 valence electrons. The van der Waals surface area contributed by atoms with E-state index in [9.17, 15) is 9.59 Å². The summed E-state index contributed by atoms with van der Waals surface area (Å²) < 4.78 is 11.1. The minimum absolute atomic E-state index is 0.0831. The van der Waals surface area contributed by atoms with Gasteiger partial charge in [-0.1, -0.05) is 12.1 Å². The van der Waals surface area contributed by atoms with Gasteiger partial charge in [0, 0.05) is 37.8 Å². The zero-order chi connectivity index (χ0) is 31.9. The number of thiazole rings is 1. The number of aryl methyl sites for hydroxylation is 1. The van der Waals surface area contributed by atoms with E-state index in [4.69, 9.17) is 19.4 Å². The Morgan fingerprint density at radius 3 is 2.37 bits per heavy atom. The summed E-state index contributed by atoms with van der Waals surface area (Å²) in [6.45, 7) is 2.83. The number of amides is 2. The predicted molar refractivity (Wildman–Crippen MR) is 181 cm³/mol. The van der Waals surface area contributed by atoms with Crippen molar-refractivity contribution < 1.29 is 19.1 Å². The number of carbonyl (C=O) groups excluding carboxylic acids is 2. The molecule has 5 aliphatic rings. The molecule has 0 aliphatic heterocycles. The fourth-order valence-electron chi connectivity index (χ4n) is 8.27. The van der Waals surface area contributed by atoms with Crippen molar-refractivity contribution in [3.8, 4) is 16.2 Å². The van der Waals surface area contributed by atoms with E-state index in [0.29, 0.717) is 38.1 Å². The Morgan fingerprint density at radius 2 is 1.72 bits per heavy atom. The fourth-order valence-corrected chi connectivity index (χ4v) is 9.35. The number of fused-ring (bicyclic) bond motifs is 3. The van der Waals surface area contributed by atoms with Gasteiger partial charge < -0.3 is 14.8 Å². The van der Waals surface area contributed by atoms with E-state index >= 15 is 0 Å². The van der Waals surface area contributed by atoms with E-state index in [0.717, 1.165) is 60.5 Å². The van der Waals surface area contributed by atoms with E-state index in [2.05, 4.69) is 36.5 Å². The number of aromatic nitrogens is 2. The molecule has 3 aromatic rings. The number of benzene rings is 1. The quantitative estimate of drug-likeness (QED) is 0.255. The van der Waals surface area contributed by atoms with Crippen LogP contribution in [0.4, 0.5) is 10.6 Å². The van der Waals surface area contributed by atoms with Gasteiger partial charge in [0.05, 0.1) is 17.0 Å². The third-order valence-electron chi connectivity index (χ3n) is 11.4. The molecule has 8 nitrogen and oxygen atoms in total. The van der Waals surface area contributed by atoms with Crippen LogP contribution in [0.3, 0.4) is 0 Å². The van der Waals surface area contributed by atoms with Crippen molar-refractivity contribution in [1.82, 2.24) is 15.3 Å². The minimum atomic E-state index is -0.403. The summed E-state index contributed by atoms with van der Waals surface area (Å²) in [5.74, 6) is 2.36. The maximum absolute atomic E-state index is 14.5. The van der Waals surface area contributed by atoms with Gasteiger partial charge in [-0.3, -0.25) is 9.69 Å². The molecule has 0 atom stereocenters. The zero-order valence-corrected chi connectivity index (χ0v) is 28.2. The van der Waals surface area contributed by atoms with Crippen molar-refractivity contribution in [2.24, 2.45) is 11.3 Å². The summed E-state index contributed by atoms with van der Waals surface area (Å²) in [6.07, 6.45) is 15.3. The molecule has 0 spiro atoms. The second-order valence-corrected chi connectivity index (χ2v) is 15.3. The average Bonchev–Trinajstić information content (AvgIpc) is 3.83. The van der Waals surface area contributed by atoms with Crippen LogP contribution in [0.5, 0.6) is 5.75 Å². The molecule has 46 heavy (non-hydrogen) atoms. The van der Waals surface area contributed by atoms with Gasteiger partial charge in [-0.05, 0) is 130 Å². The van der Waals surface area contributed by atoms with Crippen LogP contribution in [0, 0.1) is 18.3 Å². The molecule has 0 unspecified atom stereocenters. The average molecular weight is 643 g/mol. The molecule has 5 saturated carbocycles. The number of ether oxygens (including phenoxy) is 2. The zero-order valence-electron chi connectivity index (χ0n) is 27.3. The number of pyridine rings is 1. The topological polar surface area (TPSA) is 93.7 Å². The standard InChI is InChI=1S/C37H46N4O4S/c1-24-20-28(8-11-30(24)44-3)37-16-13-36(14-17-37,15-18-37)23-41(34(42)26-6-9-29(10-7-26)45-35(43)38-2)32-21-27(12-19-39-32)31-22-40-33(46-31)25-4-5-25/h8,11-12,19-22,25-26,29H,4-7,9-10,13-18,23H2,1-3H3,(H,38,43). The maximum atomic E-state index is 14.5. The molecule has 2 amide bonds. The fraction of sp³-hybridized carbons (Fsp3) is 0.568. The molecule has 9 heteroatoms. The van der Waals surface area contributed by atoms with Crippen LogP contribution in [0.1, 0.15) is 99.1 Å². The van der Waals surface area contributed by atoms with Crippen LogP contribution >= 0.6 is 11.3 Å². The Balaban J connectivity index is 1.12. The van der Waals surface area contributed by atoms with E-state index in [1.807, 2.05) is 23.4 Å². The van der Waals surface area contributed by atoms with Crippen molar-refractivity contribution in [2.45, 2.75) is 101 Å². The summed E-state index contributed by atoms with van der Waals surface area (Å²) in [5.41, 5.74) is 4.00. The number of methoxy groups -OCH3 is 1. The van der Waals surface area contributed by atoms with Gasteiger partial charge in [-0.15, -0.1) is 11.3 Å². The summed E-state index contributed by atoms with van der Waals surface area (Å²) in [7, 11) is 3.31. The van der Waals surface area contributed by atoms with Crippen LogP contribution in [-0.4, -0.2) is 48.8 Å². The van der Waals surface area contributed by atoms with E-state index in [1.165, 1.54) is 29.0 Å². The summed E-state index contributed by atoms with van der Waals surface area (Å²) in [5, 5.41) is 3.76. The minimum Gasteiger partial charge on any atom is -0.496 e. The highest BCUT2D eigenvalue weighted by molar-refractivity contribution is 7.15. The predicted octanol–water partition coefficient (Wildman–Crippen LogP) is 7.94. The lowest BCUT2D eigenvalue weighted by molar-refractivity contribution is -0.124. The highest BCUT2D eigenvalue weighted by Crippen LogP contribution is 2.58. The molecule has 5 fully saturated rings. The Morgan fingerprint density at radius 1 is 0.978 bits per heavy atom. The van der Waals surface area contributed by atoms with Crippen molar-refractivity contribution in [1.29, 1.82) is 0 Å². The summed E-state index contributed by atoms with van der Waals surface area (Å²) in [4.78, 5) is 39.0. The molecule has 2 aromatic heterocycles. The van der Waals surface area contributed by atoms with Crippen LogP contribution in [0.2, 0.25) is 0 Å². The summed E-state index contributed by atoms with van der Waals surface area (Å²) >= 11 is 1.77. The second-order valence-electron chi connectivity index (χ2n) is 14.3. The molecule has 2 heterocycles. The van der Waals surface area contributed by atoms with Crippen molar-refractivity contribution in [3.63, 3.8) is 0 Å². The second kappa shape index (κ2) is 12.6. The first-order valence-corrected chi connectivity index (χ1v) is 17.9. The third kappa shape index (κ3) is 6.15. The third-order valence-corrected chi connectivity index (χ3v) is 12.6. The number of rotatable bonds is 9. The van der Waals surface area contributed by atoms with Gasteiger partial charge in [0.25, 0.3) is 0 Å². The van der Waals surface area contributed by atoms with Gasteiger partial charge in [0.15, 0.2) is 0 Å². The molecule has 1 aromatic carbocycles. The Bertz CT molecular complexity index is 1570. The number of anilines is 1. The number of nitrogens with one attached hydrogen (secondary N) is 1. The smallest absolute Gasteiger partial charge is 0.407 e. The van der Waals surface area contributed by atoms with Crippen molar-refractivity contribution in [2.75, 3.05) is 25.6 Å². The lowest BCUT2D eigenvalue weighted by atomic mass is 9.51. The molecule has 2 bridgehead atoms. The first kappa shape index (κ1) is 31.2. The molecule has 0 radical (unpaired) electrons. The molecule has 0 saturated heterocycles. The number of hydrogen-bond donors (Lipinski definition) is 1. The van der Waals surface area contributed by atoms with Crippen molar-refractivity contribution in [3.05, 3.63) is 58.9 Å². The molecule has 8 rings (SSSR count). The van der Waals surface area contributed by atoms with Gasteiger partial charge in [-0.25, -0.2) is 14.8 Å². The lowest BCUT2D eigenvalue weighted by Gasteiger charge is -2.55. The van der Waals surface area contributed by atoms with Gasteiger partial charge in [0.1, 0.15) is 17.7 Å². The molecule has 5 aliphatic carbocycles. The van der Waals surface area contributed by atoms with Crippen LogP contribution in [-0.2, 0) is 14.9 Å². The number of carbonyl (C=O) groups is 2. The van der Waals surface area contributed by atoms with E-state index in [-0.39, 0.29) is 28.8 Å². The normalized spacial score (nSPS) is 27.2. The van der Waals surface area contributed by atoms with Crippen molar-refractivity contribution >= 4 is 29.2 Å². The Kier molecular flexibility index (Phi) is 8.55. The molecule has 1 N–H and O–H groups in total. The van der Waals surface area contributed by atoms with Gasteiger partial charge >= 0.3 is 6.09 Å². The van der Waals surface area contributed by atoms with Crippen LogP contribution in [0.15, 0.2) is 42.7 Å². The highest BCUT2D eigenvalue weighted by atomic mass is 32.1. The lowest BCUT2D eigenvalue weighted by Crippen LogP contribution is -2.52. The maximum Gasteiger partial charge on any atom is 0.407 e. The SMILES string of the molecule is CNC(=O)OC1CCC(C(=O)N(CC23CCC(c4ccc(OC)c(C)c4)(CC2)CC3)c2cc(-c3cnc(C4CC4)s3)ccn2)CC1. The van der Waals surface area contributed by atoms with Gasteiger partial charge in [0.2, 0.25) is 5.91 Å². The van der Waals surface area contributed by atoms with Gasteiger partial charge in [-0.2, -0.15) is 0 Å². The number of nitrogens with zero attached hydrogens (tertiary/aromatic N) is 3. The number of alkyl carbamates (subject to hydrolysis) is 1. The monoisotopic (exact) mass is 642 g/mol.